The second kappa shape index (κ2) is 6.21. The number of carbonyl (C=O) groups is 1. The van der Waals surface area contributed by atoms with Crippen molar-refractivity contribution in [3.63, 3.8) is 0 Å². The van der Waals surface area contributed by atoms with Crippen molar-refractivity contribution in [1.29, 1.82) is 0 Å². The smallest absolute Gasteiger partial charge is 0.252 e. The van der Waals surface area contributed by atoms with E-state index in [-0.39, 0.29) is 16.8 Å². The van der Waals surface area contributed by atoms with Crippen molar-refractivity contribution in [2.24, 2.45) is 0 Å². The third-order valence-corrected chi connectivity index (χ3v) is 4.20. The van der Waals surface area contributed by atoms with Crippen molar-refractivity contribution < 1.29 is 4.79 Å². The van der Waals surface area contributed by atoms with Crippen LogP contribution in [0.2, 0.25) is 10.0 Å². The van der Waals surface area contributed by atoms with E-state index in [1.165, 1.54) is 0 Å². The lowest BCUT2D eigenvalue weighted by Crippen LogP contribution is -2.42. The maximum atomic E-state index is 12.0. The Morgan fingerprint density at radius 2 is 2.28 bits per heavy atom. The molecule has 1 heterocycles. The molecule has 0 aromatic heterocycles. The van der Waals surface area contributed by atoms with Gasteiger partial charge < -0.3 is 5.32 Å². The SMILES string of the molecule is O=C(NCC1NNCC1Br)c1cc(Cl)ccc1Cl. The van der Waals surface area contributed by atoms with E-state index in [0.29, 0.717) is 22.2 Å². The second-order valence-corrected chi connectivity index (χ2v) is 6.00. The fourth-order valence-corrected chi connectivity index (χ4v) is 2.52. The molecule has 98 valence electrons. The van der Waals surface area contributed by atoms with Gasteiger partial charge in [0.2, 0.25) is 0 Å². The summed E-state index contributed by atoms with van der Waals surface area (Å²) in [5.41, 5.74) is 6.47. The summed E-state index contributed by atoms with van der Waals surface area (Å²) < 4.78 is 0. The average molecular weight is 353 g/mol. The summed E-state index contributed by atoms with van der Waals surface area (Å²) in [5, 5.41) is 3.71. The highest BCUT2D eigenvalue weighted by molar-refractivity contribution is 9.09. The van der Waals surface area contributed by atoms with Crippen LogP contribution in [0.1, 0.15) is 10.4 Å². The van der Waals surface area contributed by atoms with Crippen LogP contribution in [0.4, 0.5) is 0 Å². The topological polar surface area (TPSA) is 53.2 Å². The number of hydrogen-bond donors (Lipinski definition) is 3. The Balaban J connectivity index is 1.97. The van der Waals surface area contributed by atoms with Gasteiger partial charge in [0.25, 0.3) is 5.91 Å². The summed E-state index contributed by atoms with van der Waals surface area (Å²) in [4.78, 5) is 12.2. The van der Waals surface area contributed by atoms with Crippen LogP contribution < -0.4 is 16.2 Å². The highest BCUT2D eigenvalue weighted by atomic mass is 79.9. The van der Waals surface area contributed by atoms with Gasteiger partial charge in [-0.2, -0.15) is 0 Å². The Morgan fingerprint density at radius 3 is 2.94 bits per heavy atom. The van der Waals surface area contributed by atoms with Crippen molar-refractivity contribution in [3.05, 3.63) is 33.8 Å². The van der Waals surface area contributed by atoms with Crippen molar-refractivity contribution in [2.75, 3.05) is 13.1 Å². The van der Waals surface area contributed by atoms with E-state index in [9.17, 15) is 4.79 Å². The van der Waals surface area contributed by atoms with Gasteiger partial charge in [-0.3, -0.25) is 15.6 Å². The number of hydrogen-bond acceptors (Lipinski definition) is 3. The molecule has 1 aliphatic heterocycles. The van der Waals surface area contributed by atoms with Gasteiger partial charge in [0.15, 0.2) is 0 Å². The van der Waals surface area contributed by atoms with E-state index in [1.807, 2.05) is 0 Å². The number of halogens is 3. The minimum atomic E-state index is -0.226. The number of nitrogens with one attached hydrogen (secondary N) is 3. The Morgan fingerprint density at radius 1 is 1.50 bits per heavy atom. The molecule has 1 aromatic carbocycles. The third-order valence-electron chi connectivity index (χ3n) is 2.68. The summed E-state index contributed by atoms with van der Waals surface area (Å²) in [7, 11) is 0. The van der Waals surface area contributed by atoms with Gasteiger partial charge in [0.05, 0.1) is 16.6 Å². The van der Waals surface area contributed by atoms with E-state index in [1.54, 1.807) is 18.2 Å². The second-order valence-electron chi connectivity index (χ2n) is 3.98. The highest BCUT2D eigenvalue weighted by Crippen LogP contribution is 2.20. The molecule has 2 rings (SSSR count). The molecule has 1 saturated heterocycles. The first-order valence-corrected chi connectivity index (χ1v) is 7.11. The van der Waals surface area contributed by atoms with Crippen LogP contribution >= 0.6 is 39.1 Å². The summed E-state index contributed by atoms with van der Waals surface area (Å²) in [6.07, 6.45) is 0. The molecular weight excluding hydrogens is 341 g/mol. The number of benzene rings is 1. The molecule has 7 heteroatoms. The standard InChI is InChI=1S/C11H12BrCl2N3O/c12-8-4-16-17-10(8)5-15-11(18)7-3-6(13)1-2-9(7)14/h1-3,8,10,16-17H,4-5H2,(H,15,18). The first kappa shape index (κ1) is 14.1. The molecule has 2 unspecified atom stereocenters. The Hall–Kier alpha value is -0.330. The average Bonchev–Trinajstić information content (AvgIpc) is 2.75. The largest absolute Gasteiger partial charge is 0.350 e. The van der Waals surface area contributed by atoms with Crippen LogP contribution in [0.5, 0.6) is 0 Å². The van der Waals surface area contributed by atoms with Crippen molar-refractivity contribution >= 4 is 45.0 Å². The molecule has 1 amide bonds. The number of hydrazine groups is 1. The zero-order valence-corrected chi connectivity index (χ0v) is 12.4. The molecule has 4 nitrogen and oxygen atoms in total. The molecule has 0 bridgehead atoms. The highest BCUT2D eigenvalue weighted by Gasteiger charge is 2.24. The summed E-state index contributed by atoms with van der Waals surface area (Å²) >= 11 is 15.3. The predicted octanol–water partition coefficient (Wildman–Crippen LogP) is 1.96. The minimum absolute atomic E-state index is 0.145. The maximum Gasteiger partial charge on any atom is 0.252 e. The van der Waals surface area contributed by atoms with Crippen LogP contribution in [0.15, 0.2) is 18.2 Å². The number of carbonyl (C=O) groups excluding carboxylic acids is 1. The fourth-order valence-electron chi connectivity index (χ4n) is 1.67. The fraction of sp³-hybridized carbons (Fsp3) is 0.364. The number of alkyl halides is 1. The molecule has 2 atom stereocenters. The summed E-state index contributed by atoms with van der Waals surface area (Å²) in [5.74, 6) is -0.226. The molecule has 0 saturated carbocycles. The van der Waals surface area contributed by atoms with Crippen LogP contribution in [0.3, 0.4) is 0 Å². The quantitative estimate of drug-likeness (QED) is 0.729. The van der Waals surface area contributed by atoms with Gasteiger partial charge >= 0.3 is 0 Å². The summed E-state index contributed by atoms with van der Waals surface area (Å²) in [6, 6.07) is 4.97. The van der Waals surface area contributed by atoms with Gasteiger partial charge in [-0.15, -0.1) is 0 Å². The number of amides is 1. The molecule has 1 aliphatic rings. The molecule has 3 N–H and O–H groups in total. The van der Waals surface area contributed by atoms with Gasteiger partial charge in [-0.1, -0.05) is 39.1 Å². The van der Waals surface area contributed by atoms with E-state index in [2.05, 4.69) is 32.1 Å². The van der Waals surface area contributed by atoms with Crippen LogP contribution in [-0.2, 0) is 0 Å². The Kier molecular flexibility index (Phi) is 4.86. The van der Waals surface area contributed by atoms with Crippen molar-refractivity contribution in [1.82, 2.24) is 16.2 Å². The third kappa shape index (κ3) is 3.36. The van der Waals surface area contributed by atoms with E-state index in [0.717, 1.165) is 6.54 Å². The van der Waals surface area contributed by atoms with Gasteiger partial charge in [-0.05, 0) is 18.2 Å². The molecule has 0 aliphatic carbocycles. The van der Waals surface area contributed by atoms with Gasteiger partial charge in [0, 0.05) is 22.9 Å². The van der Waals surface area contributed by atoms with Crippen molar-refractivity contribution in [3.8, 4) is 0 Å². The monoisotopic (exact) mass is 351 g/mol. The normalized spacial score (nSPS) is 23.1. The first-order chi connectivity index (χ1) is 8.58. The van der Waals surface area contributed by atoms with Gasteiger partial charge in [0.1, 0.15) is 0 Å². The number of rotatable bonds is 3. The minimum Gasteiger partial charge on any atom is -0.350 e. The molecule has 18 heavy (non-hydrogen) atoms. The van der Waals surface area contributed by atoms with Gasteiger partial charge in [-0.25, -0.2) is 0 Å². The van der Waals surface area contributed by atoms with E-state index in [4.69, 9.17) is 23.2 Å². The lowest BCUT2D eigenvalue weighted by Gasteiger charge is -2.14. The maximum absolute atomic E-state index is 12.0. The molecular formula is C11H12BrCl2N3O. The van der Waals surface area contributed by atoms with Crippen LogP contribution in [-0.4, -0.2) is 29.9 Å². The molecule has 0 spiro atoms. The zero-order chi connectivity index (χ0) is 13.1. The lowest BCUT2D eigenvalue weighted by molar-refractivity contribution is 0.0950. The van der Waals surface area contributed by atoms with E-state index >= 15 is 0 Å². The molecule has 1 fully saturated rings. The van der Waals surface area contributed by atoms with Crippen molar-refractivity contribution in [2.45, 2.75) is 10.9 Å². The van der Waals surface area contributed by atoms with Crippen LogP contribution in [0.25, 0.3) is 0 Å². The summed E-state index contributed by atoms with van der Waals surface area (Å²) in [6.45, 7) is 1.32. The molecule has 0 radical (unpaired) electrons. The lowest BCUT2D eigenvalue weighted by atomic mass is 10.2. The zero-order valence-electron chi connectivity index (χ0n) is 9.34. The predicted molar refractivity (Wildman–Crippen MR) is 76.4 cm³/mol. The Bertz CT molecular complexity index is 458. The first-order valence-electron chi connectivity index (χ1n) is 5.43. The van der Waals surface area contributed by atoms with Crippen LogP contribution in [0, 0.1) is 0 Å². The molecule has 1 aromatic rings. The van der Waals surface area contributed by atoms with E-state index < -0.39 is 0 Å². The Labute approximate surface area is 124 Å².